The highest BCUT2D eigenvalue weighted by Crippen LogP contribution is 2.30. The standard InChI is InChI=1S/C17H17ClN2O/c1-11-5-4-6-12(9-11)16(18)13-7-8-14-15(10-13)20(3)17(21)19(14)2/h4-10,16H,1-3H3. The van der Waals surface area contributed by atoms with E-state index in [9.17, 15) is 4.79 Å². The van der Waals surface area contributed by atoms with Crippen LogP contribution in [0.1, 0.15) is 22.1 Å². The summed E-state index contributed by atoms with van der Waals surface area (Å²) < 4.78 is 3.30. The minimum atomic E-state index is -0.218. The molecule has 0 N–H and O–H groups in total. The Morgan fingerprint density at radius 3 is 2.33 bits per heavy atom. The van der Waals surface area contributed by atoms with E-state index in [-0.39, 0.29) is 11.1 Å². The van der Waals surface area contributed by atoms with Crippen molar-refractivity contribution in [1.82, 2.24) is 9.13 Å². The highest BCUT2D eigenvalue weighted by molar-refractivity contribution is 6.22. The molecule has 1 heterocycles. The first kappa shape index (κ1) is 14.0. The highest BCUT2D eigenvalue weighted by atomic mass is 35.5. The van der Waals surface area contributed by atoms with Crippen LogP contribution in [0.25, 0.3) is 11.0 Å². The maximum Gasteiger partial charge on any atom is 0.328 e. The minimum absolute atomic E-state index is 0.0242. The molecule has 3 aromatic rings. The van der Waals surface area contributed by atoms with E-state index in [1.165, 1.54) is 5.56 Å². The summed E-state index contributed by atoms with van der Waals surface area (Å²) in [6.45, 7) is 2.05. The Kier molecular flexibility index (Phi) is 3.38. The second-order valence-corrected chi connectivity index (χ2v) is 5.86. The van der Waals surface area contributed by atoms with E-state index in [1.54, 1.807) is 23.2 Å². The maximum atomic E-state index is 12.0. The van der Waals surface area contributed by atoms with Gasteiger partial charge in [0.25, 0.3) is 0 Å². The first-order chi connectivity index (χ1) is 9.99. The molecule has 1 aromatic heterocycles. The van der Waals surface area contributed by atoms with Gasteiger partial charge in [-0.15, -0.1) is 11.6 Å². The van der Waals surface area contributed by atoms with Crippen molar-refractivity contribution in [3.05, 3.63) is 69.6 Å². The first-order valence-electron chi connectivity index (χ1n) is 6.85. The van der Waals surface area contributed by atoms with Crippen LogP contribution in [0.2, 0.25) is 0 Å². The molecular formula is C17H17ClN2O. The molecule has 0 amide bonds. The molecule has 0 aliphatic carbocycles. The van der Waals surface area contributed by atoms with Crippen molar-refractivity contribution in [3.63, 3.8) is 0 Å². The average Bonchev–Trinajstić information content (AvgIpc) is 2.71. The number of imidazole rings is 1. The molecule has 1 atom stereocenters. The molecule has 108 valence electrons. The van der Waals surface area contributed by atoms with Crippen molar-refractivity contribution >= 4 is 22.6 Å². The van der Waals surface area contributed by atoms with Crippen molar-refractivity contribution in [2.45, 2.75) is 12.3 Å². The Balaban J connectivity index is 2.13. The molecule has 0 saturated carbocycles. The third-order valence-electron chi connectivity index (χ3n) is 3.92. The highest BCUT2D eigenvalue weighted by Gasteiger charge is 2.14. The van der Waals surface area contributed by atoms with Gasteiger partial charge >= 0.3 is 5.69 Å². The number of fused-ring (bicyclic) bond motifs is 1. The molecule has 0 aliphatic rings. The SMILES string of the molecule is Cc1cccc(C(Cl)c2ccc3c(c2)n(C)c(=O)n3C)c1. The Labute approximate surface area is 128 Å². The van der Waals surface area contributed by atoms with Gasteiger partial charge in [-0.2, -0.15) is 0 Å². The number of alkyl halides is 1. The van der Waals surface area contributed by atoms with Crippen molar-refractivity contribution in [3.8, 4) is 0 Å². The van der Waals surface area contributed by atoms with Crippen molar-refractivity contribution in [2.24, 2.45) is 14.1 Å². The van der Waals surface area contributed by atoms with E-state index in [2.05, 4.69) is 19.1 Å². The van der Waals surface area contributed by atoms with Crippen LogP contribution >= 0.6 is 11.6 Å². The number of nitrogens with zero attached hydrogens (tertiary/aromatic N) is 2. The Bertz CT molecular complexity index is 876. The number of benzene rings is 2. The van der Waals surface area contributed by atoms with Crippen molar-refractivity contribution in [2.75, 3.05) is 0 Å². The van der Waals surface area contributed by atoms with Crippen LogP contribution < -0.4 is 5.69 Å². The molecule has 3 rings (SSSR count). The predicted molar refractivity (Wildman–Crippen MR) is 87.0 cm³/mol. The zero-order valence-corrected chi connectivity index (χ0v) is 13.1. The van der Waals surface area contributed by atoms with Crippen LogP contribution in [0, 0.1) is 6.92 Å². The summed E-state index contributed by atoms with van der Waals surface area (Å²) in [5, 5.41) is -0.218. The van der Waals surface area contributed by atoms with Gasteiger partial charge in [0.1, 0.15) is 0 Å². The summed E-state index contributed by atoms with van der Waals surface area (Å²) in [4.78, 5) is 12.0. The monoisotopic (exact) mass is 300 g/mol. The van der Waals surface area contributed by atoms with Gasteiger partial charge in [-0.1, -0.05) is 35.9 Å². The summed E-state index contributed by atoms with van der Waals surface area (Å²) in [5.74, 6) is 0. The number of hydrogen-bond donors (Lipinski definition) is 0. The topological polar surface area (TPSA) is 26.9 Å². The molecular weight excluding hydrogens is 284 g/mol. The number of halogens is 1. The molecule has 0 radical (unpaired) electrons. The molecule has 0 spiro atoms. The van der Waals surface area contributed by atoms with Gasteiger partial charge in [-0.3, -0.25) is 9.13 Å². The Morgan fingerprint density at radius 2 is 1.62 bits per heavy atom. The van der Waals surface area contributed by atoms with Crippen LogP contribution in [-0.2, 0) is 14.1 Å². The summed E-state index contributed by atoms with van der Waals surface area (Å²) in [6.07, 6.45) is 0. The van der Waals surface area contributed by atoms with Gasteiger partial charge < -0.3 is 0 Å². The molecule has 0 saturated heterocycles. The quantitative estimate of drug-likeness (QED) is 0.665. The number of aromatic nitrogens is 2. The fourth-order valence-electron chi connectivity index (χ4n) is 2.70. The third kappa shape index (κ3) is 2.28. The average molecular weight is 301 g/mol. The molecule has 0 aliphatic heterocycles. The normalized spacial score (nSPS) is 12.8. The minimum Gasteiger partial charge on any atom is -0.295 e. The zero-order chi connectivity index (χ0) is 15.1. The summed E-state index contributed by atoms with van der Waals surface area (Å²) in [6, 6.07) is 14.1. The van der Waals surface area contributed by atoms with E-state index < -0.39 is 0 Å². The molecule has 0 bridgehead atoms. The van der Waals surface area contributed by atoms with Crippen LogP contribution in [0.3, 0.4) is 0 Å². The van der Waals surface area contributed by atoms with Crippen LogP contribution in [0.5, 0.6) is 0 Å². The lowest BCUT2D eigenvalue weighted by atomic mass is 10.0. The molecule has 21 heavy (non-hydrogen) atoms. The van der Waals surface area contributed by atoms with E-state index in [0.29, 0.717) is 0 Å². The molecule has 1 unspecified atom stereocenters. The zero-order valence-electron chi connectivity index (χ0n) is 12.3. The van der Waals surface area contributed by atoms with Crippen LogP contribution in [0.4, 0.5) is 0 Å². The molecule has 4 heteroatoms. The third-order valence-corrected chi connectivity index (χ3v) is 4.43. The van der Waals surface area contributed by atoms with Gasteiger partial charge in [0, 0.05) is 14.1 Å². The van der Waals surface area contributed by atoms with Crippen LogP contribution in [0.15, 0.2) is 47.3 Å². The van der Waals surface area contributed by atoms with Gasteiger partial charge in [0.05, 0.1) is 16.4 Å². The number of aryl methyl sites for hydroxylation is 3. The van der Waals surface area contributed by atoms with Gasteiger partial charge in [-0.05, 0) is 30.2 Å². The molecule has 2 aromatic carbocycles. The summed E-state index contributed by atoms with van der Waals surface area (Å²) in [5.41, 5.74) is 5.04. The fourth-order valence-corrected chi connectivity index (χ4v) is 2.97. The first-order valence-corrected chi connectivity index (χ1v) is 7.28. The Hall–Kier alpha value is -2.00. The van der Waals surface area contributed by atoms with E-state index in [0.717, 1.165) is 22.2 Å². The summed E-state index contributed by atoms with van der Waals surface area (Å²) >= 11 is 6.61. The predicted octanol–water partition coefficient (Wildman–Crippen LogP) is 3.51. The van der Waals surface area contributed by atoms with Gasteiger partial charge in [0.2, 0.25) is 0 Å². The second kappa shape index (κ2) is 5.08. The van der Waals surface area contributed by atoms with E-state index >= 15 is 0 Å². The largest absolute Gasteiger partial charge is 0.328 e. The lowest BCUT2D eigenvalue weighted by molar-refractivity contribution is 0.795. The number of rotatable bonds is 2. The lowest BCUT2D eigenvalue weighted by Gasteiger charge is -2.11. The van der Waals surface area contributed by atoms with Gasteiger partial charge in [-0.25, -0.2) is 4.79 Å². The van der Waals surface area contributed by atoms with E-state index in [4.69, 9.17) is 11.6 Å². The lowest BCUT2D eigenvalue weighted by Crippen LogP contribution is -2.19. The smallest absolute Gasteiger partial charge is 0.295 e. The van der Waals surface area contributed by atoms with Crippen molar-refractivity contribution < 1.29 is 0 Å². The number of hydrogen-bond acceptors (Lipinski definition) is 1. The maximum absolute atomic E-state index is 12.0. The summed E-state index contributed by atoms with van der Waals surface area (Å²) in [7, 11) is 3.56. The Morgan fingerprint density at radius 1 is 0.952 bits per heavy atom. The van der Waals surface area contributed by atoms with Gasteiger partial charge in [0.15, 0.2) is 0 Å². The molecule has 0 fully saturated rings. The van der Waals surface area contributed by atoms with E-state index in [1.807, 2.05) is 30.3 Å². The fraction of sp³-hybridized carbons (Fsp3) is 0.235. The van der Waals surface area contributed by atoms with Crippen molar-refractivity contribution in [1.29, 1.82) is 0 Å². The van der Waals surface area contributed by atoms with Crippen LogP contribution in [-0.4, -0.2) is 9.13 Å². The molecule has 3 nitrogen and oxygen atoms in total. The second-order valence-electron chi connectivity index (χ2n) is 5.43.